The number of anilines is 1. The van der Waals surface area contributed by atoms with Crippen molar-refractivity contribution in [1.29, 1.82) is 0 Å². The molecule has 0 aliphatic heterocycles. The molecule has 0 aliphatic carbocycles. The number of nitrogens with zero attached hydrogens (tertiary/aromatic N) is 1. The van der Waals surface area contributed by atoms with Crippen molar-refractivity contribution in [3.8, 4) is 0 Å². The predicted molar refractivity (Wildman–Crippen MR) is 215 cm³/mol. The van der Waals surface area contributed by atoms with Gasteiger partial charge >= 0.3 is 302 Å². The second-order valence-corrected chi connectivity index (χ2v) is 25.1. The van der Waals surface area contributed by atoms with Gasteiger partial charge in [0.05, 0.1) is 0 Å². The zero-order valence-corrected chi connectivity index (χ0v) is 34.5. The van der Waals surface area contributed by atoms with E-state index < -0.39 is 25.8 Å². The molecule has 0 fully saturated rings. The predicted octanol–water partition coefficient (Wildman–Crippen LogP) is 12.4. The van der Waals surface area contributed by atoms with E-state index in [1.807, 2.05) is 0 Å². The third kappa shape index (κ3) is 9.54. The quantitative estimate of drug-likeness (QED) is 0.0814. The molecule has 0 saturated carbocycles. The molecule has 0 unspecified atom stereocenters. The van der Waals surface area contributed by atoms with Gasteiger partial charge in [-0.3, -0.25) is 0 Å². The normalized spacial score (nSPS) is 13.0. The van der Waals surface area contributed by atoms with Crippen molar-refractivity contribution in [3.05, 3.63) is 130 Å². The van der Waals surface area contributed by atoms with Crippen molar-refractivity contribution in [2.75, 3.05) is 5.32 Å². The summed E-state index contributed by atoms with van der Waals surface area (Å²) in [5.74, 6) is 1.38. The van der Waals surface area contributed by atoms with Crippen LogP contribution in [0, 0.1) is 0 Å². The van der Waals surface area contributed by atoms with Gasteiger partial charge in [0.15, 0.2) is 0 Å². The molecule has 0 bridgehead atoms. The molecule has 2 nitrogen and oxygen atoms in total. The Morgan fingerprint density at radius 2 is 1.02 bits per heavy atom. The third-order valence-corrected chi connectivity index (χ3v) is 14.7. The maximum atomic E-state index is 6.92. The summed E-state index contributed by atoms with van der Waals surface area (Å²) < 4.78 is 0.612. The summed E-state index contributed by atoms with van der Waals surface area (Å²) in [5.41, 5.74) is 9.56. The van der Waals surface area contributed by atoms with Crippen LogP contribution >= 0.6 is 25.6 Å². The molecular weight excluding hydrogens is 744 g/mol. The van der Waals surface area contributed by atoms with Crippen molar-refractivity contribution in [3.63, 3.8) is 0 Å². The molecule has 0 aromatic heterocycles. The monoisotopic (exact) mass is 793 g/mol. The minimum absolute atomic E-state index is 0.323. The standard InChI is InChI=1S/C41H50N2P.2ClH.Sb/c1-27(2)35-23-17-24-36(28(3)4)39(35)42-31(9)41(44(33-19-13-11-14-20-33)34-21-15-12-16-22-34)32(10)43-40-37(29(5)6)25-18-26-38(40)30(7)8;;;/h11-30,43H,9H2,1-8,10H3;2*1H;/q;;;+2/p-1. The summed E-state index contributed by atoms with van der Waals surface area (Å²) >= 11 is -2.63. The van der Waals surface area contributed by atoms with Crippen molar-refractivity contribution in [2.45, 2.75) is 90.4 Å². The van der Waals surface area contributed by atoms with Crippen molar-refractivity contribution >= 4 is 71.2 Å². The number of benzene rings is 4. The molecule has 47 heavy (non-hydrogen) atoms. The average Bonchev–Trinajstić information content (AvgIpc) is 3.03. The van der Waals surface area contributed by atoms with Crippen LogP contribution in [0.5, 0.6) is 0 Å². The number of allylic oxidation sites excluding steroid dienone is 2. The van der Waals surface area contributed by atoms with E-state index in [0.717, 1.165) is 17.1 Å². The Bertz CT molecular complexity index is 1590. The number of nitrogens with one attached hydrogen (secondary N) is 1. The molecule has 0 amide bonds. The second kappa shape index (κ2) is 17.5. The fourth-order valence-corrected chi connectivity index (χ4v) is 12.3. The molecular formula is C41H51Cl2N2PSb+. The van der Waals surface area contributed by atoms with E-state index in [0.29, 0.717) is 28.0 Å². The second-order valence-electron chi connectivity index (χ2n) is 13.5. The average molecular weight is 796 g/mol. The van der Waals surface area contributed by atoms with Crippen LogP contribution in [-0.4, -0.2) is 23.6 Å². The van der Waals surface area contributed by atoms with Gasteiger partial charge in [0, 0.05) is 0 Å². The van der Waals surface area contributed by atoms with Crippen LogP contribution in [0.3, 0.4) is 0 Å². The van der Waals surface area contributed by atoms with Crippen molar-refractivity contribution < 1.29 is 0 Å². The van der Waals surface area contributed by atoms with E-state index in [9.17, 15) is 0 Å². The molecule has 248 valence electrons. The first-order valence-electron chi connectivity index (χ1n) is 16.8. The number of aliphatic imine (C=N–C) groups is 1. The Morgan fingerprint density at radius 3 is 1.40 bits per heavy atom. The molecule has 0 saturated heterocycles. The maximum absolute atomic E-state index is 6.92. The first-order valence-corrected chi connectivity index (χ1v) is 26.6. The Kier molecular flexibility index (Phi) is 14.1. The van der Waals surface area contributed by atoms with Crippen LogP contribution < -0.4 is 15.9 Å². The molecule has 0 atom stereocenters. The number of halogens is 2. The van der Waals surface area contributed by atoms with Crippen molar-refractivity contribution in [2.24, 2.45) is 4.99 Å². The van der Waals surface area contributed by atoms with Gasteiger partial charge in [-0.15, -0.1) is 0 Å². The van der Waals surface area contributed by atoms with Gasteiger partial charge < -0.3 is 0 Å². The van der Waals surface area contributed by atoms with Gasteiger partial charge in [-0.05, 0) is 0 Å². The molecule has 0 radical (unpaired) electrons. The molecule has 0 heterocycles. The number of hydrogen-bond donors (Lipinski definition) is 1. The Labute approximate surface area is 300 Å². The fourth-order valence-electron chi connectivity index (χ4n) is 6.22. The van der Waals surface area contributed by atoms with Gasteiger partial charge in [0.1, 0.15) is 0 Å². The molecule has 4 aromatic rings. The third-order valence-electron chi connectivity index (χ3n) is 8.58. The van der Waals surface area contributed by atoms with E-state index in [1.165, 1.54) is 43.9 Å². The van der Waals surface area contributed by atoms with E-state index in [1.54, 1.807) is 0 Å². The van der Waals surface area contributed by atoms with Gasteiger partial charge in [-0.25, -0.2) is 0 Å². The van der Waals surface area contributed by atoms with Gasteiger partial charge in [-0.1, -0.05) is 0 Å². The number of rotatable bonds is 13. The summed E-state index contributed by atoms with van der Waals surface area (Å²) in [6.07, 6.45) is 0. The first-order chi connectivity index (χ1) is 22.4. The summed E-state index contributed by atoms with van der Waals surface area (Å²) in [6, 6.07) is 35.3. The van der Waals surface area contributed by atoms with Gasteiger partial charge in [-0.2, -0.15) is 0 Å². The summed E-state index contributed by atoms with van der Waals surface area (Å²) in [7, 11) is 12.3. The molecule has 0 spiro atoms. The Morgan fingerprint density at radius 1 is 0.617 bits per heavy atom. The van der Waals surface area contributed by atoms with Crippen LogP contribution in [0.2, 0.25) is 4.37 Å². The van der Waals surface area contributed by atoms with Gasteiger partial charge in [0.25, 0.3) is 0 Å². The zero-order valence-electron chi connectivity index (χ0n) is 29.4. The van der Waals surface area contributed by atoms with Crippen LogP contribution in [0.1, 0.15) is 108 Å². The molecule has 0 aliphatic rings. The van der Waals surface area contributed by atoms with E-state index in [2.05, 4.69) is 165 Å². The topological polar surface area (TPSA) is 24.4 Å². The van der Waals surface area contributed by atoms with Crippen molar-refractivity contribution in [1.82, 2.24) is 0 Å². The van der Waals surface area contributed by atoms with Crippen LogP contribution in [0.25, 0.3) is 0 Å². The van der Waals surface area contributed by atoms with E-state index >= 15 is 0 Å². The van der Waals surface area contributed by atoms with Crippen LogP contribution in [-0.2, 0) is 0 Å². The fraction of sp³-hybridized carbons (Fsp3) is 0.341. The first kappa shape index (κ1) is 37.7. The Balaban J connectivity index is 2.15. The molecule has 6 heteroatoms. The van der Waals surface area contributed by atoms with Crippen LogP contribution in [0.4, 0.5) is 11.4 Å². The molecule has 4 aromatic carbocycles. The van der Waals surface area contributed by atoms with Crippen LogP contribution in [0.15, 0.2) is 113 Å². The molecule has 4 rings (SSSR count). The zero-order chi connectivity index (χ0) is 34.2. The van der Waals surface area contributed by atoms with E-state index in [4.69, 9.17) is 22.7 Å². The Hall–Kier alpha value is -2.08. The SMILES string of the molecule is CC(Nc1c(C(C)C)cccc1C(C)C)=C(C([CH2][Sb]([Cl])[Cl])=Nc1c(C(C)C)cccc1C(C)C)[PH+](c1ccccc1)c1ccccc1. The summed E-state index contributed by atoms with van der Waals surface area (Å²) in [5, 5.41) is 7.89. The van der Waals surface area contributed by atoms with E-state index in [-0.39, 0.29) is 0 Å². The minimum atomic E-state index is -2.63. The van der Waals surface area contributed by atoms with Gasteiger partial charge in [0.2, 0.25) is 0 Å². The number of para-hydroxylation sites is 2. The molecule has 1 N–H and O–H groups in total. The summed E-state index contributed by atoms with van der Waals surface area (Å²) in [6.45, 7) is 20.4. The summed E-state index contributed by atoms with van der Waals surface area (Å²) in [4.78, 5) is 5.71. The number of hydrogen-bond acceptors (Lipinski definition) is 2.